The molecular weight excluding hydrogens is 290 g/mol. The number of nitrogens with zero attached hydrogens (tertiary/aromatic N) is 1. The summed E-state index contributed by atoms with van der Waals surface area (Å²) in [6, 6.07) is 0.771. The number of hydrogen-bond donors (Lipinski definition) is 2. The first-order valence-corrected chi connectivity index (χ1v) is 9.58. The molecule has 7 heteroatoms. The van der Waals surface area contributed by atoms with Gasteiger partial charge in [-0.1, -0.05) is 6.42 Å². The second-order valence-corrected chi connectivity index (χ2v) is 8.25. The van der Waals surface area contributed by atoms with Gasteiger partial charge in [-0.2, -0.15) is 17.4 Å². The molecule has 6 nitrogen and oxygen atoms in total. The molecule has 0 bridgehead atoms. The molecule has 0 spiro atoms. The summed E-state index contributed by atoms with van der Waals surface area (Å²) in [7, 11) is -1.68. The Labute approximate surface area is 127 Å². The number of rotatable bonds is 7. The van der Waals surface area contributed by atoms with Gasteiger partial charge >= 0.3 is 0 Å². The third kappa shape index (κ3) is 3.96. The minimum Gasteiger partial charge on any atom is -0.381 e. The van der Waals surface area contributed by atoms with Gasteiger partial charge in [0.1, 0.15) is 0 Å². The minimum atomic E-state index is -3.36. The van der Waals surface area contributed by atoms with E-state index in [0.29, 0.717) is 12.6 Å². The van der Waals surface area contributed by atoms with Gasteiger partial charge in [0, 0.05) is 38.3 Å². The van der Waals surface area contributed by atoms with Gasteiger partial charge in [0.05, 0.1) is 6.10 Å². The molecule has 2 N–H and O–H groups in total. The lowest BCUT2D eigenvalue weighted by molar-refractivity contribution is 0.0230. The maximum absolute atomic E-state index is 12.6. The Bertz CT molecular complexity index is 446. The quantitative estimate of drug-likeness (QED) is 0.721. The van der Waals surface area contributed by atoms with Crippen LogP contribution in [0.4, 0.5) is 0 Å². The Morgan fingerprint density at radius 1 is 1.14 bits per heavy atom. The van der Waals surface area contributed by atoms with Gasteiger partial charge < -0.3 is 10.1 Å². The highest BCUT2D eigenvalue weighted by Crippen LogP contribution is 2.26. The van der Waals surface area contributed by atoms with Crippen molar-refractivity contribution < 1.29 is 13.2 Å². The highest BCUT2D eigenvalue weighted by Gasteiger charge is 2.38. The molecule has 3 rings (SSSR count). The van der Waals surface area contributed by atoms with E-state index in [-0.39, 0.29) is 18.2 Å². The molecule has 0 aromatic carbocycles. The van der Waals surface area contributed by atoms with Gasteiger partial charge in [0.15, 0.2) is 0 Å². The Balaban J connectivity index is 1.55. The summed E-state index contributed by atoms with van der Waals surface area (Å²) in [5.74, 6) is 0. The van der Waals surface area contributed by atoms with Crippen molar-refractivity contribution in [2.75, 3.05) is 20.2 Å². The van der Waals surface area contributed by atoms with Crippen molar-refractivity contribution in [3.8, 4) is 0 Å². The molecule has 2 aliphatic carbocycles. The van der Waals surface area contributed by atoms with E-state index in [1.54, 1.807) is 11.4 Å². The minimum absolute atomic E-state index is 0.0407. The molecule has 21 heavy (non-hydrogen) atoms. The fourth-order valence-electron chi connectivity index (χ4n) is 3.22. The summed E-state index contributed by atoms with van der Waals surface area (Å²) in [5.41, 5.74) is 0. The zero-order chi connectivity index (χ0) is 14.9. The largest absolute Gasteiger partial charge is 0.381 e. The van der Waals surface area contributed by atoms with E-state index in [9.17, 15) is 8.42 Å². The highest BCUT2D eigenvalue weighted by molar-refractivity contribution is 7.87. The molecule has 2 saturated carbocycles. The predicted molar refractivity (Wildman–Crippen MR) is 81.2 cm³/mol. The van der Waals surface area contributed by atoms with Crippen molar-refractivity contribution in [3.05, 3.63) is 0 Å². The third-order valence-electron chi connectivity index (χ3n) is 4.85. The average molecular weight is 317 g/mol. The molecule has 0 aromatic rings. The molecule has 1 aliphatic heterocycles. The van der Waals surface area contributed by atoms with Crippen molar-refractivity contribution in [1.29, 1.82) is 0 Å². The van der Waals surface area contributed by atoms with Gasteiger partial charge in [-0.15, -0.1) is 0 Å². The van der Waals surface area contributed by atoms with Crippen LogP contribution in [0.3, 0.4) is 0 Å². The summed E-state index contributed by atoms with van der Waals surface area (Å²) < 4.78 is 34.9. The fraction of sp³-hybridized carbons (Fsp3) is 1.00. The van der Waals surface area contributed by atoms with Gasteiger partial charge in [0.25, 0.3) is 10.2 Å². The lowest BCUT2D eigenvalue weighted by Gasteiger charge is -2.39. The van der Waals surface area contributed by atoms with Crippen molar-refractivity contribution in [2.24, 2.45) is 0 Å². The fourth-order valence-corrected chi connectivity index (χ4v) is 4.91. The van der Waals surface area contributed by atoms with Gasteiger partial charge in [-0.3, -0.25) is 0 Å². The second kappa shape index (κ2) is 6.50. The molecular formula is C14H27N3O3S. The van der Waals surface area contributed by atoms with E-state index in [1.807, 2.05) is 0 Å². The first-order chi connectivity index (χ1) is 10.1. The van der Waals surface area contributed by atoms with E-state index in [1.165, 1.54) is 12.8 Å². The first kappa shape index (κ1) is 15.7. The molecule has 0 aromatic heterocycles. The van der Waals surface area contributed by atoms with Crippen molar-refractivity contribution >= 4 is 10.2 Å². The van der Waals surface area contributed by atoms with Crippen LogP contribution < -0.4 is 10.0 Å². The van der Waals surface area contributed by atoms with Crippen LogP contribution >= 0.6 is 0 Å². The lowest BCUT2D eigenvalue weighted by Crippen LogP contribution is -2.57. The topological polar surface area (TPSA) is 70.7 Å². The van der Waals surface area contributed by atoms with Crippen LogP contribution in [-0.4, -0.2) is 57.2 Å². The molecule has 3 aliphatic rings. The maximum atomic E-state index is 12.6. The van der Waals surface area contributed by atoms with Gasteiger partial charge in [0.2, 0.25) is 0 Å². The average Bonchev–Trinajstić information content (AvgIpc) is 3.24. The molecule has 1 atom stereocenters. The van der Waals surface area contributed by atoms with Gasteiger partial charge in [-0.05, 0) is 38.5 Å². The van der Waals surface area contributed by atoms with E-state index in [0.717, 1.165) is 38.6 Å². The molecule has 3 fully saturated rings. The summed E-state index contributed by atoms with van der Waals surface area (Å²) in [6.07, 6.45) is 7.31. The number of methoxy groups -OCH3 is 1. The normalized spacial score (nSPS) is 34.6. The van der Waals surface area contributed by atoms with Crippen LogP contribution in [-0.2, 0) is 14.9 Å². The number of hydrogen-bond acceptors (Lipinski definition) is 4. The SMILES string of the molecule is COC1CC(NS(=O)(=O)N2CCCCC2CNC2CC2)C1. The van der Waals surface area contributed by atoms with E-state index >= 15 is 0 Å². The third-order valence-corrected chi connectivity index (χ3v) is 6.57. The van der Waals surface area contributed by atoms with E-state index < -0.39 is 10.2 Å². The Morgan fingerprint density at radius 3 is 2.57 bits per heavy atom. The van der Waals surface area contributed by atoms with Crippen molar-refractivity contribution in [1.82, 2.24) is 14.3 Å². The summed E-state index contributed by atoms with van der Waals surface area (Å²) in [4.78, 5) is 0. The maximum Gasteiger partial charge on any atom is 0.279 e. The van der Waals surface area contributed by atoms with E-state index in [4.69, 9.17) is 4.74 Å². The molecule has 0 amide bonds. The standard InChI is InChI=1S/C14H27N3O3S/c1-20-14-8-12(9-14)16-21(18,19)17-7-3-2-4-13(17)10-15-11-5-6-11/h11-16H,2-10H2,1H3. The second-order valence-electron chi connectivity index (χ2n) is 6.59. The molecule has 122 valence electrons. The zero-order valence-electron chi connectivity index (χ0n) is 12.8. The van der Waals surface area contributed by atoms with Crippen LogP contribution in [0.2, 0.25) is 0 Å². The van der Waals surface area contributed by atoms with Crippen LogP contribution in [0.15, 0.2) is 0 Å². The summed E-state index contributed by atoms with van der Waals surface area (Å²) >= 11 is 0. The smallest absolute Gasteiger partial charge is 0.279 e. The lowest BCUT2D eigenvalue weighted by atomic mass is 9.90. The molecule has 1 saturated heterocycles. The van der Waals surface area contributed by atoms with Gasteiger partial charge in [-0.25, -0.2) is 0 Å². The van der Waals surface area contributed by atoms with Crippen LogP contribution in [0.25, 0.3) is 0 Å². The monoisotopic (exact) mass is 317 g/mol. The summed E-state index contributed by atoms with van der Waals surface area (Å²) in [6.45, 7) is 1.43. The van der Waals surface area contributed by atoms with E-state index in [2.05, 4.69) is 10.0 Å². The highest BCUT2D eigenvalue weighted by atomic mass is 32.2. The Kier molecular flexibility index (Phi) is 4.85. The number of piperidine rings is 1. The van der Waals surface area contributed by atoms with Crippen LogP contribution in [0.1, 0.15) is 44.9 Å². The molecule has 1 unspecified atom stereocenters. The van der Waals surface area contributed by atoms with Crippen molar-refractivity contribution in [2.45, 2.75) is 69.2 Å². The summed E-state index contributed by atoms with van der Waals surface area (Å²) in [5, 5.41) is 3.47. The Morgan fingerprint density at radius 2 is 1.90 bits per heavy atom. The number of ether oxygens (including phenoxy) is 1. The van der Waals surface area contributed by atoms with Crippen LogP contribution in [0.5, 0.6) is 0 Å². The van der Waals surface area contributed by atoms with Crippen LogP contribution in [0, 0.1) is 0 Å². The first-order valence-electron chi connectivity index (χ1n) is 8.14. The number of nitrogens with one attached hydrogen (secondary N) is 2. The Hall–Kier alpha value is -0.210. The predicted octanol–water partition coefficient (Wildman–Crippen LogP) is 0.605. The molecule has 0 radical (unpaired) electrons. The zero-order valence-corrected chi connectivity index (χ0v) is 13.6. The molecule has 1 heterocycles. The van der Waals surface area contributed by atoms with Crippen molar-refractivity contribution in [3.63, 3.8) is 0 Å².